The van der Waals surface area contributed by atoms with Crippen LogP contribution in [0.1, 0.15) is 30.3 Å². The van der Waals surface area contributed by atoms with Crippen molar-refractivity contribution in [3.8, 4) is 0 Å². The van der Waals surface area contributed by atoms with E-state index in [2.05, 4.69) is 28.8 Å². The number of nitrogens with zero attached hydrogens (tertiary/aromatic N) is 2. The van der Waals surface area contributed by atoms with E-state index in [9.17, 15) is 0 Å². The fourth-order valence-electron chi connectivity index (χ4n) is 1.06. The smallest absolute Gasteiger partial charge is 0.0826 e. The lowest BCUT2D eigenvalue weighted by atomic mass is 10.1. The van der Waals surface area contributed by atoms with Gasteiger partial charge in [0.15, 0.2) is 0 Å². The highest BCUT2D eigenvalue weighted by Crippen LogP contribution is 2.18. The van der Waals surface area contributed by atoms with Crippen LogP contribution < -0.4 is 5.32 Å². The lowest BCUT2D eigenvalue weighted by Gasteiger charge is -2.04. The fourth-order valence-corrected chi connectivity index (χ4v) is 1.82. The van der Waals surface area contributed by atoms with Gasteiger partial charge in [-0.05, 0) is 17.5 Å². The van der Waals surface area contributed by atoms with Gasteiger partial charge in [-0.3, -0.25) is 0 Å². The molecule has 0 saturated carbocycles. The molecular formula is C8H15N3OS. The van der Waals surface area contributed by atoms with E-state index >= 15 is 0 Å². The maximum atomic E-state index is 8.58. The molecule has 1 rings (SSSR count). The van der Waals surface area contributed by atoms with Crippen molar-refractivity contribution in [3.05, 3.63) is 10.6 Å². The van der Waals surface area contributed by atoms with E-state index in [0.29, 0.717) is 12.5 Å². The second-order valence-electron chi connectivity index (χ2n) is 3.14. The molecule has 1 aromatic heterocycles. The van der Waals surface area contributed by atoms with Crippen LogP contribution in [-0.4, -0.2) is 27.8 Å². The zero-order chi connectivity index (χ0) is 9.68. The normalized spacial score (nSPS) is 11.1. The van der Waals surface area contributed by atoms with Crippen LogP contribution in [0.25, 0.3) is 0 Å². The molecule has 4 nitrogen and oxygen atoms in total. The number of rotatable bonds is 5. The molecule has 0 aliphatic carbocycles. The van der Waals surface area contributed by atoms with Gasteiger partial charge in [0, 0.05) is 13.1 Å². The van der Waals surface area contributed by atoms with Gasteiger partial charge >= 0.3 is 0 Å². The first kappa shape index (κ1) is 10.6. The fraction of sp³-hybridized carbons (Fsp3) is 0.750. The third-order valence-electron chi connectivity index (χ3n) is 1.71. The van der Waals surface area contributed by atoms with Crippen LogP contribution in [0.15, 0.2) is 0 Å². The standard InChI is InChI=1S/C8H15N3OS/c1-6(2)8-7(13-11-10-8)5-9-3-4-12/h6,9,12H,3-5H2,1-2H3. The highest BCUT2D eigenvalue weighted by molar-refractivity contribution is 7.05. The molecule has 74 valence electrons. The van der Waals surface area contributed by atoms with Crippen molar-refractivity contribution in [1.29, 1.82) is 0 Å². The molecule has 13 heavy (non-hydrogen) atoms. The Balaban J connectivity index is 2.50. The Labute approximate surface area is 82.2 Å². The highest BCUT2D eigenvalue weighted by atomic mass is 32.1. The van der Waals surface area contributed by atoms with Gasteiger partial charge in [0.2, 0.25) is 0 Å². The topological polar surface area (TPSA) is 58.0 Å². The first-order chi connectivity index (χ1) is 6.25. The number of aliphatic hydroxyl groups excluding tert-OH is 1. The summed E-state index contributed by atoms with van der Waals surface area (Å²) in [6.07, 6.45) is 0. The first-order valence-corrected chi connectivity index (χ1v) is 5.15. The van der Waals surface area contributed by atoms with Crippen molar-refractivity contribution < 1.29 is 5.11 Å². The Hall–Kier alpha value is -0.520. The molecule has 1 aromatic rings. The summed E-state index contributed by atoms with van der Waals surface area (Å²) in [5.41, 5.74) is 1.07. The summed E-state index contributed by atoms with van der Waals surface area (Å²) in [4.78, 5) is 1.17. The van der Waals surface area contributed by atoms with Crippen LogP contribution in [0.5, 0.6) is 0 Å². The van der Waals surface area contributed by atoms with E-state index in [1.807, 2.05) is 0 Å². The zero-order valence-corrected chi connectivity index (χ0v) is 8.77. The highest BCUT2D eigenvalue weighted by Gasteiger charge is 2.10. The molecule has 0 unspecified atom stereocenters. The number of hydrogen-bond acceptors (Lipinski definition) is 5. The van der Waals surface area contributed by atoms with Crippen LogP contribution >= 0.6 is 11.5 Å². The SMILES string of the molecule is CC(C)c1nnsc1CNCCO. The van der Waals surface area contributed by atoms with E-state index in [1.165, 1.54) is 16.4 Å². The molecule has 0 amide bonds. The summed E-state index contributed by atoms with van der Waals surface area (Å²) < 4.78 is 3.91. The lowest BCUT2D eigenvalue weighted by Crippen LogP contribution is -2.17. The number of aliphatic hydroxyl groups is 1. The van der Waals surface area contributed by atoms with Crippen LogP contribution in [0, 0.1) is 0 Å². The van der Waals surface area contributed by atoms with E-state index in [1.54, 1.807) is 0 Å². The van der Waals surface area contributed by atoms with Gasteiger partial charge in [-0.25, -0.2) is 0 Å². The van der Waals surface area contributed by atoms with Crippen molar-refractivity contribution >= 4 is 11.5 Å². The van der Waals surface area contributed by atoms with Crippen LogP contribution in [0.2, 0.25) is 0 Å². The van der Waals surface area contributed by atoms with E-state index in [4.69, 9.17) is 5.11 Å². The predicted octanol–water partition coefficient (Wildman–Crippen LogP) is 0.743. The van der Waals surface area contributed by atoms with Gasteiger partial charge in [-0.1, -0.05) is 18.3 Å². The van der Waals surface area contributed by atoms with Crippen molar-refractivity contribution in [2.24, 2.45) is 0 Å². The zero-order valence-electron chi connectivity index (χ0n) is 7.95. The maximum Gasteiger partial charge on any atom is 0.0826 e. The van der Waals surface area contributed by atoms with E-state index in [0.717, 1.165) is 12.2 Å². The summed E-state index contributed by atoms with van der Waals surface area (Å²) in [6.45, 7) is 5.75. The quantitative estimate of drug-likeness (QED) is 0.690. The average Bonchev–Trinajstić information content (AvgIpc) is 2.53. The van der Waals surface area contributed by atoms with E-state index < -0.39 is 0 Å². The van der Waals surface area contributed by atoms with E-state index in [-0.39, 0.29) is 6.61 Å². The van der Waals surface area contributed by atoms with Crippen LogP contribution in [0.4, 0.5) is 0 Å². The Bertz CT molecular complexity index is 249. The molecule has 0 aromatic carbocycles. The minimum atomic E-state index is 0.170. The molecule has 5 heteroatoms. The number of hydrogen-bond donors (Lipinski definition) is 2. The molecule has 0 bridgehead atoms. The monoisotopic (exact) mass is 201 g/mol. The second-order valence-corrected chi connectivity index (χ2v) is 3.98. The summed E-state index contributed by atoms with van der Waals surface area (Å²) >= 11 is 1.42. The summed E-state index contributed by atoms with van der Waals surface area (Å²) in [5.74, 6) is 0.421. The van der Waals surface area contributed by atoms with Crippen molar-refractivity contribution in [3.63, 3.8) is 0 Å². The first-order valence-electron chi connectivity index (χ1n) is 4.38. The third-order valence-corrected chi connectivity index (χ3v) is 2.44. The molecule has 0 aliphatic heterocycles. The van der Waals surface area contributed by atoms with Crippen LogP contribution in [-0.2, 0) is 6.54 Å². The Morgan fingerprint density at radius 2 is 2.31 bits per heavy atom. The number of nitrogens with one attached hydrogen (secondary N) is 1. The van der Waals surface area contributed by atoms with Gasteiger partial charge in [0.05, 0.1) is 17.2 Å². The largest absolute Gasteiger partial charge is 0.395 e. The van der Waals surface area contributed by atoms with Crippen molar-refractivity contribution in [2.45, 2.75) is 26.3 Å². The summed E-state index contributed by atoms with van der Waals surface area (Å²) in [6, 6.07) is 0. The minimum Gasteiger partial charge on any atom is -0.395 e. The Kier molecular flexibility index (Phi) is 4.27. The molecule has 1 heterocycles. The average molecular weight is 201 g/mol. The molecule has 0 spiro atoms. The molecule has 0 aliphatic rings. The molecular weight excluding hydrogens is 186 g/mol. The molecule has 0 radical (unpaired) electrons. The number of aromatic nitrogens is 2. The summed E-state index contributed by atoms with van der Waals surface area (Å²) in [5, 5.41) is 15.8. The second kappa shape index (κ2) is 5.26. The Morgan fingerprint density at radius 1 is 1.54 bits per heavy atom. The predicted molar refractivity (Wildman–Crippen MR) is 52.8 cm³/mol. The lowest BCUT2D eigenvalue weighted by molar-refractivity contribution is 0.292. The van der Waals surface area contributed by atoms with Gasteiger partial charge in [-0.15, -0.1) is 5.10 Å². The van der Waals surface area contributed by atoms with Gasteiger partial charge in [-0.2, -0.15) is 0 Å². The third kappa shape index (κ3) is 3.02. The van der Waals surface area contributed by atoms with Gasteiger partial charge in [0.25, 0.3) is 0 Å². The van der Waals surface area contributed by atoms with Gasteiger partial charge < -0.3 is 10.4 Å². The van der Waals surface area contributed by atoms with Crippen molar-refractivity contribution in [2.75, 3.05) is 13.2 Å². The molecule has 0 atom stereocenters. The Morgan fingerprint density at radius 3 is 2.92 bits per heavy atom. The van der Waals surface area contributed by atoms with Crippen molar-refractivity contribution in [1.82, 2.24) is 14.9 Å². The molecule has 0 fully saturated rings. The van der Waals surface area contributed by atoms with Crippen LogP contribution in [0.3, 0.4) is 0 Å². The molecule has 2 N–H and O–H groups in total. The molecule has 0 saturated heterocycles. The minimum absolute atomic E-state index is 0.170. The van der Waals surface area contributed by atoms with Gasteiger partial charge in [0.1, 0.15) is 0 Å². The maximum absolute atomic E-state index is 8.58. The summed E-state index contributed by atoms with van der Waals surface area (Å²) in [7, 11) is 0.